The molecule has 0 atom stereocenters. The van der Waals surface area contributed by atoms with Gasteiger partial charge in [-0.25, -0.2) is 0 Å². The quantitative estimate of drug-likeness (QED) is 0.398. The SMILES string of the molecule is C1CNCCN1.[Ca]. The minimum Gasteiger partial charge on any atom is -0.314 e. The summed E-state index contributed by atoms with van der Waals surface area (Å²) in [5.74, 6) is 0. The summed E-state index contributed by atoms with van der Waals surface area (Å²) in [6, 6.07) is 0. The smallest absolute Gasteiger partial charge is 0.00772 e. The monoisotopic (exact) mass is 126 g/mol. The maximum Gasteiger partial charge on any atom is 0.00772 e. The molecule has 0 aromatic rings. The number of hydrogen-bond acceptors (Lipinski definition) is 2. The van der Waals surface area contributed by atoms with Gasteiger partial charge in [-0.3, -0.25) is 0 Å². The molecule has 3 heteroatoms. The Labute approximate surface area is 74.0 Å². The number of nitrogens with one attached hydrogen (secondary N) is 2. The summed E-state index contributed by atoms with van der Waals surface area (Å²) in [7, 11) is 0. The van der Waals surface area contributed by atoms with E-state index in [9.17, 15) is 0 Å². The minimum atomic E-state index is 0. The van der Waals surface area contributed by atoms with E-state index in [1.54, 1.807) is 0 Å². The summed E-state index contributed by atoms with van der Waals surface area (Å²) >= 11 is 0. The van der Waals surface area contributed by atoms with Crippen LogP contribution >= 0.6 is 0 Å². The van der Waals surface area contributed by atoms with E-state index in [0.29, 0.717) is 0 Å². The van der Waals surface area contributed by atoms with Gasteiger partial charge in [0.15, 0.2) is 0 Å². The van der Waals surface area contributed by atoms with Gasteiger partial charge in [0.1, 0.15) is 0 Å². The molecule has 0 bridgehead atoms. The molecule has 2 nitrogen and oxygen atoms in total. The predicted octanol–water partition coefficient (Wildman–Crippen LogP) is -1.20. The molecule has 0 aromatic carbocycles. The van der Waals surface area contributed by atoms with Crippen LogP contribution in [0.25, 0.3) is 0 Å². The molecule has 1 aliphatic rings. The molecule has 0 saturated carbocycles. The molecule has 1 saturated heterocycles. The van der Waals surface area contributed by atoms with Crippen LogP contribution in [-0.2, 0) is 0 Å². The van der Waals surface area contributed by atoms with Crippen molar-refractivity contribution in [2.75, 3.05) is 26.2 Å². The van der Waals surface area contributed by atoms with Gasteiger partial charge in [-0.15, -0.1) is 0 Å². The molecule has 1 heterocycles. The molecule has 2 N–H and O–H groups in total. The fraction of sp³-hybridized carbons (Fsp3) is 1.00. The molecule has 0 amide bonds. The normalized spacial score (nSPS) is 20.6. The molecule has 1 rings (SSSR count). The van der Waals surface area contributed by atoms with Crippen LogP contribution in [0.15, 0.2) is 0 Å². The van der Waals surface area contributed by atoms with Gasteiger partial charge < -0.3 is 10.6 Å². The van der Waals surface area contributed by atoms with Gasteiger partial charge in [0.2, 0.25) is 0 Å². The summed E-state index contributed by atoms with van der Waals surface area (Å²) in [6.07, 6.45) is 0. The van der Waals surface area contributed by atoms with E-state index >= 15 is 0 Å². The summed E-state index contributed by atoms with van der Waals surface area (Å²) in [4.78, 5) is 0. The van der Waals surface area contributed by atoms with Crippen molar-refractivity contribution >= 4 is 37.7 Å². The molecular formula is C4H10CaN2. The van der Waals surface area contributed by atoms with Gasteiger partial charge >= 0.3 is 0 Å². The molecule has 7 heavy (non-hydrogen) atoms. The second-order valence-corrected chi connectivity index (χ2v) is 1.50. The minimum absolute atomic E-state index is 0. The average Bonchev–Trinajstić information content (AvgIpc) is 1.72. The largest absolute Gasteiger partial charge is 0.314 e. The molecule has 0 spiro atoms. The van der Waals surface area contributed by atoms with E-state index in [2.05, 4.69) is 10.6 Å². The maximum atomic E-state index is 3.22. The standard InChI is InChI=1S/C4H10N2.Ca/c1-2-6-4-3-5-1;/h5-6H,1-4H2;. The van der Waals surface area contributed by atoms with E-state index in [0.717, 1.165) is 26.2 Å². The molecule has 0 aromatic heterocycles. The third kappa shape index (κ3) is 3.74. The van der Waals surface area contributed by atoms with Crippen LogP contribution < -0.4 is 10.6 Å². The third-order valence-electron chi connectivity index (χ3n) is 0.957. The first-order valence-corrected chi connectivity index (χ1v) is 2.41. The molecule has 0 aliphatic carbocycles. The van der Waals surface area contributed by atoms with Crippen LogP contribution in [0, 0.1) is 0 Å². The van der Waals surface area contributed by atoms with Crippen molar-refractivity contribution in [2.24, 2.45) is 0 Å². The van der Waals surface area contributed by atoms with Gasteiger partial charge in [0.25, 0.3) is 0 Å². The molecule has 1 fully saturated rings. The van der Waals surface area contributed by atoms with Crippen LogP contribution in [0.1, 0.15) is 0 Å². The van der Waals surface area contributed by atoms with Crippen LogP contribution in [0.5, 0.6) is 0 Å². The van der Waals surface area contributed by atoms with E-state index in [1.165, 1.54) is 0 Å². The van der Waals surface area contributed by atoms with Crippen molar-refractivity contribution in [2.45, 2.75) is 0 Å². The van der Waals surface area contributed by atoms with Crippen molar-refractivity contribution in [3.63, 3.8) is 0 Å². The predicted molar refractivity (Wildman–Crippen MR) is 31.5 cm³/mol. The first-order valence-electron chi connectivity index (χ1n) is 2.41. The van der Waals surface area contributed by atoms with Gasteiger partial charge in [-0.05, 0) is 0 Å². The van der Waals surface area contributed by atoms with Crippen molar-refractivity contribution in [1.82, 2.24) is 10.6 Å². The van der Waals surface area contributed by atoms with E-state index in [1.807, 2.05) is 0 Å². The summed E-state index contributed by atoms with van der Waals surface area (Å²) in [5, 5.41) is 6.44. The van der Waals surface area contributed by atoms with Crippen LogP contribution in [0.2, 0.25) is 0 Å². The van der Waals surface area contributed by atoms with Crippen LogP contribution in [-0.4, -0.2) is 63.9 Å². The zero-order valence-corrected chi connectivity index (χ0v) is 6.74. The Morgan fingerprint density at radius 2 is 1.00 bits per heavy atom. The zero-order valence-electron chi connectivity index (χ0n) is 4.54. The average molecular weight is 126 g/mol. The first kappa shape index (κ1) is 8.18. The van der Waals surface area contributed by atoms with Gasteiger partial charge in [-0.2, -0.15) is 0 Å². The Morgan fingerprint density at radius 3 is 1.14 bits per heavy atom. The second kappa shape index (κ2) is 5.32. The zero-order chi connectivity index (χ0) is 4.24. The maximum absolute atomic E-state index is 3.22. The molecule has 38 valence electrons. The van der Waals surface area contributed by atoms with Crippen LogP contribution in [0.3, 0.4) is 0 Å². The van der Waals surface area contributed by atoms with Crippen molar-refractivity contribution in [3.05, 3.63) is 0 Å². The van der Waals surface area contributed by atoms with E-state index in [-0.39, 0.29) is 37.7 Å². The summed E-state index contributed by atoms with van der Waals surface area (Å²) < 4.78 is 0. The third-order valence-corrected chi connectivity index (χ3v) is 0.957. The molecule has 0 unspecified atom stereocenters. The molecule has 2 radical (unpaired) electrons. The fourth-order valence-corrected chi connectivity index (χ4v) is 0.604. The Hall–Kier alpha value is 1.18. The van der Waals surface area contributed by atoms with Crippen molar-refractivity contribution < 1.29 is 0 Å². The Morgan fingerprint density at radius 1 is 0.714 bits per heavy atom. The fourth-order valence-electron chi connectivity index (χ4n) is 0.604. The Kier molecular flexibility index (Phi) is 6.22. The molecule has 1 aliphatic heterocycles. The van der Waals surface area contributed by atoms with Crippen molar-refractivity contribution in [3.8, 4) is 0 Å². The molecular weight excluding hydrogens is 116 g/mol. The Bertz CT molecular complexity index is 25.2. The number of rotatable bonds is 0. The van der Waals surface area contributed by atoms with Gasteiger partial charge in [0, 0.05) is 63.9 Å². The number of hydrogen-bond donors (Lipinski definition) is 2. The van der Waals surface area contributed by atoms with E-state index < -0.39 is 0 Å². The van der Waals surface area contributed by atoms with Gasteiger partial charge in [0.05, 0.1) is 0 Å². The Balaban J connectivity index is 0.000000360. The number of piperazine rings is 1. The topological polar surface area (TPSA) is 24.1 Å². The van der Waals surface area contributed by atoms with E-state index in [4.69, 9.17) is 0 Å². The summed E-state index contributed by atoms with van der Waals surface area (Å²) in [6.45, 7) is 4.56. The van der Waals surface area contributed by atoms with Crippen LogP contribution in [0.4, 0.5) is 0 Å². The van der Waals surface area contributed by atoms with Crippen molar-refractivity contribution in [1.29, 1.82) is 0 Å². The first-order chi connectivity index (χ1) is 3.00. The van der Waals surface area contributed by atoms with Gasteiger partial charge in [-0.1, -0.05) is 0 Å². The second-order valence-electron chi connectivity index (χ2n) is 1.50. The summed E-state index contributed by atoms with van der Waals surface area (Å²) in [5.41, 5.74) is 0.